The molecule has 1 aliphatic heterocycles. The number of ether oxygens (including phenoxy) is 3. The Labute approximate surface area is 249 Å². The first-order valence-electron chi connectivity index (χ1n) is 15.5. The summed E-state index contributed by atoms with van der Waals surface area (Å²) in [6, 6.07) is 22.6. The number of allylic oxidation sites excluding steroid dienone is 3. The van der Waals surface area contributed by atoms with Gasteiger partial charge in [0, 0.05) is 33.2 Å². The Balaban J connectivity index is 1.28. The third kappa shape index (κ3) is 6.18. The monoisotopic (exact) mass is 567 g/mol. The average Bonchev–Trinajstić information content (AvgIpc) is 3.05. The first-order valence-corrected chi connectivity index (χ1v) is 15.5. The Morgan fingerprint density at radius 2 is 1.69 bits per heavy atom. The normalized spacial score (nSPS) is 17.8. The lowest BCUT2D eigenvalue weighted by molar-refractivity contribution is -0.141. The highest BCUT2D eigenvalue weighted by Gasteiger charge is 2.29. The molecule has 5 heteroatoms. The number of anilines is 1. The van der Waals surface area contributed by atoms with Crippen molar-refractivity contribution in [3.63, 3.8) is 0 Å². The summed E-state index contributed by atoms with van der Waals surface area (Å²) in [5, 5.41) is 0. The molecule has 0 amide bonds. The maximum atomic E-state index is 15.9. The van der Waals surface area contributed by atoms with Crippen LogP contribution in [-0.4, -0.2) is 33.6 Å². The lowest BCUT2D eigenvalue weighted by atomic mass is 9.77. The Morgan fingerprint density at radius 1 is 0.881 bits per heavy atom. The van der Waals surface area contributed by atoms with Crippen molar-refractivity contribution in [2.24, 2.45) is 5.92 Å². The largest absolute Gasteiger partial charge is 0.489 e. The van der Waals surface area contributed by atoms with Crippen LogP contribution in [-0.2, 0) is 22.5 Å². The van der Waals surface area contributed by atoms with Crippen LogP contribution in [0.3, 0.4) is 0 Å². The molecule has 1 saturated heterocycles. The third-order valence-corrected chi connectivity index (χ3v) is 9.19. The van der Waals surface area contributed by atoms with Gasteiger partial charge in [-0.3, -0.25) is 0 Å². The number of hydrogen-bond acceptors (Lipinski definition) is 4. The second-order valence-electron chi connectivity index (χ2n) is 11.8. The number of halogens is 1. The highest BCUT2D eigenvalue weighted by atomic mass is 19.1. The van der Waals surface area contributed by atoms with Crippen molar-refractivity contribution in [3.8, 4) is 5.75 Å². The second kappa shape index (κ2) is 13.3. The summed E-state index contributed by atoms with van der Waals surface area (Å²) >= 11 is 0. The number of piperidine rings is 1. The summed E-state index contributed by atoms with van der Waals surface area (Å²) in [7, 11) is 3.38. The Morgan fingerprint density at radius 3 is 2.40 bits per heavy atom. The van der Waals surface area contributed by atoms with Gasteiger partial charge in [0.1, 0.15) is 18.2 Å². The Kier molecular flexibility index (Phi) is 9.07. The Bertz CT molecular complexity index is 1430. The molecule has 220 valence electrons. The molecule has 0 spiro atoms. The van der Waals surface area contributed by atoms with E-state index in [2.05, 4.69) is 47.4 Å². The van der Waals surface area contributed by atoms with Crippen LogP contribution in [0.2, 0.25) is 0 Å². The third-order valence-electron chi connectivity index (χ3n) is 9.19. The molecule has 1 fully saturated rings. The minimum atomic E-state index is -0.200. The highest BCUT2D eigenvalue weighted by molar-refractivity contribution is 5.88. The van der Waals surface area contributed by atoms with Crippen LogP contribution in [0.1, 0.15) is 67.2 Å². The summed E-state index contributed by atoms with van der Waals surface area (Å²) < 4.78 is 33.0. The van der Waals surface area contributed by atoms with Gasteiger partial charge in [0.15, 0.2) is 6.29 Å². The van der Waals surface area contributed by atoms with Gasteiger partial charge < -0.3 is 19.1 Å². The maximum Gasteiger partial charge on any atom is 0.159 e. The van der Waals surface area contributed by atoms with Crippen molar-refractivity contribution >= 4 is 11.3 Å². The molecule has 0 atom stereocenters. The summed E-state index contributed by atoms with van der Waals surface area (Å²) in [5.41, 5.74) is 9.29. The van der Waals surface area contributed by atoms with Gasteiger partial charge in [0.05, 0.1) is 5.69 Å². The van der Waals surface area contributed by atoms with Gasteiger partial charge in [-0.05, 0) is 115 Å². The lowest BCUT2D eigenvalue weighted by Crippen LogP contribution is -2.39. The zero-order valence-corrected chi connectivity index (χ0v) is 24.9. The van der Waals surface area contributed by atoms with Crippen molar-refractivity contribution < 1.29 is 18.6 Å². The van der Waals surface area contributed by atoms with Gasteiger partial charge in [0.2, 0.25) is 0 Å². The van der Waals surface area contributed by atoms with E-state index in [1.165, 1.54) is 40.7 Å². The molecule has 3 aromatic carbocycles. The molecule has 0 N–H and O–H groups in total. The molecule has 0 unspecified atom stereocenters. The second-order valence-corrected chi connectivity index (χ2v) is 11.8. The zero-order chi connectivity index (χ0) is 28.9. The Hall–Kier alpha value is -3.41. The summed E-state index contributed by atoms with van der Waals surface area (Å²) in [4.78, 5) is 2.17. The van der Waals surface area contributed by atoms with E-state index in [0.29, 0.717) is 18.2 Å². The van der Waals surface area contributed by atoms with Gasteiger partial charge in [-0.15, -0.1) is 0 Å². The average molecular weight is 568 g/mol. The molecule has 4 nitrogen and oxygen atoms in total. The first-order chi connectivity index (χ1) is 20.6. The van der Waals surface area contributed by atoms with E-state index in [-0.39, 0.29) is 12.1 Å². The number of hydrogen-bond donors (Lipinski definition) is 0. The van der Waals surface area contributed by atoms with Crippen LogP contribution in [0.4, 0.5) is 10.1 Å². The molecule has 1 heterocycles. The molecular weight excluding hydrogens is 525 g/mol. The highest BCUT2D eigenvalue weighted by Crippen LogP contribution is 2.43. The van der Waals surface area contributed by atoms with Gasteiger partial charge in [-0.2, -0.15) is 0 Å². The van der Waals surface area contributed by atoms with Crippen molar-refractivity contribution in [3.05, 3.63) is 112 Å². The molecule has 0 aromatic heterocycles. The van der Waals surface area contributed by atoms with E-state index < -0.39 is 0 Å². The quantitative estimate of drug-likeness (QED) is 0.243. The molecule has 3 aliphatic rings. The van der Waals surface area contributed by atoms with Gasteiger partial charge in [-0.1, -0.05) is 48.5 Å². The fraction of sp³-hybridized carbons (Fsp3) is 0.405. The summed E-state index contributed by atoms with van der Waals surface area (Å²) in [6.07, 6.45) is 10.7. The van der Waals surface area contributed by atoms with Crippen LogP contribution in [0.25, 0.3) is 5.57 Å². The van der Waals surface area contributed by atoms with Crippen molar-refractivity contribution in [2.75, 3.05) is 32.2 Å². The number of aryl methyl sites for hydroxylation is 1. The van der Waals surface area contributed by atoms with Gasteiger partial charge >= 0.3 is 0 Å². The van der Waals surface area contributed by atoms with E-state index >= 15 is 4.39 Å². The van der Waals surface area contributed by atoms with Crippen LogP contribution >= 0.6 is 0 Å². The molecule has 6 rings (SSSR count). The van der Waals surface area contributed by atoms with Crippen LogP contribution in [0.5, 0.6) is 5.75 Å². The summed E-state index contributed by atoms with van der Waals surface area (Å²) in [6.45, 7) is 2.13. The van der Waals surface area contributed by atoms with Gasteiger partial charge in [0.25, 0.3) is 0 Å². The number of methoxy groups -OCH3 is 2. The van der Waals surface area contributed by atoms with E-state index in [9.17, 15) is 0 Å². The van der Waals surface area contributed by atoms with Gasteiger partial charge in [-0.25, -0.2) is 4.39 Å². The van der Waals surface area contributed by atoms with Crippen LogP contribution in [0, 0.1) is 11.7 Å². The molecular formula is C37H42FNO3. The van der Waals surface area contributed by atoms with Crippen LogP contribution < -0.4 is 9.64 Å². The number of benzene rings is 3. The van der Waals surface area contributed by atoms with Crippen molar-refractivity contribution in [2.45, 2.75) is 64.3 Å². The topological polar surface area (TPSA) is 30.9 Å². The first kappa shape index (κ1) is 28.7. The number of nitrogens with zero attached hydrogens (tertiary/aromatic N) is 1. The van der Waals surface area contributed by atoms with Crippen molar-refractivity contribution in [1.29, 1.82) is 0 Å². The molecule has 3 aromatic rings. The predicted octanol–water partition coefficient (Wildman–Crippen LogP) is 8.49. The molecule has 0 bridgehead atoms. The number of fused-ring (bicyclic) bond motifs is 1. The predicted molar refractivity (Wildman–Crippen MR) is 167 cm³/mol. The maximum absolute atomic E-state index is 15.9. The zero-order valence-electron chi connectivity index (χ0n) is 24.9. The molecule has 2 aliphatic carbocycles. The van der Waals surface area contributed by atoms with E-state index in [1.54, 1.807) is 20.3 Å². The van der Waals surface area contributed by atoms with E-state index in [1.807, 2.05) is 24.3 Å². The lowest BCUT2D eigenvalue weighted by Gasteiger charge is -2.36. The fourth-order valence-electron chi connectivity index (χ4n) is 6.97. The molecule has 0 saturated carbocycles. The van der Waals surface area contributed by atoms with E-state index in [0.717, 1.165) is 68.5 Å². The standard InChI is InChI=1S/C37H42FNO3/c1-40-37(41-2)28-19-21-39(22-20-28)35-18-14-30(24-34(35)38)36-32(27-11-7-4-8-12-27)16-13-29-23-31(15-17-33(29)36)42-25-26-9-5-3-6-10-26/h3,5-6,9-11,14-15,17-18,23-24,28,37H,4,7-8,12-13,16,19-22,25H2,1-2H3. The summed E-state index contributed by atoms with van der Waals surface area (Å²) in [5.74, 6) is 1.06. The minimum absolute atomic E-state index is 0.152. The molecule has 0 radical (unpaired) electrons. The SMILES string of the molecule is COC(OC)C1CCN(c2ccc(C3=C(C4=CCCCC4)CCc4cc(OCc5ccccc5)ccc43)cc2F)CC1. The molecule has 42 heavy (non-hydrogen) atoms. The van der Waals surface area contributed by atoms with E-state index in [4.69, 9.17) is 14.2 Å². The number of rotatable bonds is 9. The van der Waals surface area contributed by atoms with Crippen LogP contribution in [0.15, 0.2) is 84.0 Å². The fourth-order valence-corrected chi connectivity index (χ4v) is 6.97. The van der Waals surface area contributed by atoms with Crippen molar-refractivity contribution in [1.82, 2.24) is 0 Å². The smallest absolute Gasteiger partial charge is 0.159 e. The minimum Gasteiger partial charge on any atom is -0.489 e.